The van der Waals surface area contributed by atoms with Crippen LogP contribution >= 0.6 is 0 Å². The van der Waals surface area contributed by atoms with Crippen LogP contribution in [0.25, 0.3) is 0 Å². The molecule has 1 aliphatic heterocycles. The summed E-state index contributed by atoms with van der Waals surface area (Å²) < 4.78 is 0. The summed E-state index contributed by atoms with van der Waals surface area (Å²) in [6.07, 6.45) is 3.23. The molecule has 3 N–H and O–H groups in total. The van der Waals surface area contributed by atoms with E-state index in [2.05, 4.69) is 22.9 Å². The van der Waals surface area contributed by atoms with Crippen LogP contribution in [0.1, 0.15) is 37.3 Å². The Morgan fingerprint density at radius 1 is 1.08 bits per heavy atom. The van der Waals surface area contributed by atoms with Gasteiger partial charge in [0, 0.05) is 13.0 Å². The van der Waals surface area contributed by atoms with E-state index in [1.807, 2.05) is 31.2 Å². The van der Waals surface area contributed by atoms with Crippen LogP contribution in [0.15, 0.2) is 24.3 Å². The third-order valence-corrected chi connectivity index (χ3v) is 4.73. The van der Waals surface area contributed by atoms with Crippen molar-refractivity contribution in [2.24, 2.45) is 5.41 Å². The van der Waals surface area contributed by atoms with E-state index in [4.69, 9.17) is 0 Å². The Morgan fingerprint density at radius 3 is 2.42 bits per heavy atom. The molecule has 1 aromatic carbocycles. The zero-order valence-electron chi connectivity index (χ0n) is 14.8. The Labute approximate surface area is 144 Å². The van der Waals surface area contributed by atoms with E-state index < -0.39 is 0 Å². The van der Waals surface area contributed by atoms with E-state index in [0.29, 0.717) is 19.4 Å². The fraction of sp³-hybridized carbons (Fsp3) is 0.579. The summed E-state index contributed by atoms with van der Waals surface area (Å²) in [5.41, 5.74) is 2.51. The number of hydrogen-bond acceptors (Lipinski definition) is 3. The van der Waals surface area contributed by atoms with Crippen molar-refractivity contribution in [3.8, 4) is 0 Å². The number of rotatable bonds is 7. The van der Waals surface area contributed by atoms with Gasteiger partial charge in [0.15, 0.2) is 0 Å². The van der Waals surface area contributed by atoms with Gasteiger partial charge in [-0.3, -0.25) is 9.59 Å². The summed E-state index contributed by atoms with van der Waals surface area (Å²) in [5, 5.41) is 8.98. The maximum absolute atomic E-state index is 11.9. The number of amides is 2. The fourth-order valence-corrected chi connectivity index (χ4v) is 2.86. The lowest BCUT2D eigenvalue weighted by Crippen LogP contribution is -2.45. The van der Waals surface area contributed by atoms with Gasteiger partial charge in [-0.25, -0.2) is 0 Å². The number of carbonyl (C=O) groups excluding carboxylic acids is 2. The second-order valence-electron chi connectivity index (χ2n) is 7.10. The average molecular weight is 331 g/mol. The molecule has 0 saturated carbocycles. The molecular formula is C19H29N3O2. The first-order valence-corrected chi connectivity index (χ1v) is 8.77. The molecule has 5 heteroatoms. The molecule has 132 valence electrons. The van der Waals surface area contributed by atoms with Crippen molar-refractivity contribution in [1.82, 2.24) is 16.0 Å². The summed E-state index contributed by atoms with van der Waals surface area (Å²) in [5.74, 6) is -0.197. The Hall–Kier alpha value is -1.88. The van der Waals surface area contributed by atoms with E-state index >= 15 is 0 Å². The van der Waals surface area contributed by atoms with Gasteiger partial charge in [-0.15, -0.1) is 0 Å². The Balaban J connectivity index is 1.62. The van der Waals surface area contributed by atoms with E-state index in [1.165, 1.54) is 5.56 Å². The molecule has 0 unspecified atom stereocenters. The molecule has 1 heterocycles. The molecular weight excluding hydrogens is 302 g/mol. The van der Waals surface area contributed by atoms with Crippen molar-refractivity contribution < 1.29 is 9.59 Å². The second-order valence-corrected chi connectivity index (χ2v) is 7.10. The lowest BCUT2D eigenvalue weighted by molar-refractivity contribution is -0.126. The first-order valence-electron chi connectivity index (χ1n) is 8.77. The van der Waals surface area contributed by atoms with E-state index in [1.54, 1.807) is 0 Å². The maximum Gasteiger partial charge on any atom is 0.239 e. The number of benzene rings is 1. The van der Waals surface area contributed by atoms with Crippen molar-refractivity contribution in [3.63, 3.8) is 0 Å². The predicted octanol–water partition coefficient (Wildman–Crippen LogP) is 1.55. The average Bonchev–Trinajstić information content (AvgIpc) is 2.58. The highest BCUT2D eigenvalue weighted by atomic mass is 16.2. The molecule has 0 aromatic heterocycles. The van der Waals surface area contributed by atoms with Crippen molar-refractivity contribution in [1.29, 1.82) is 0 Å². The molecule has 0 aliphatic carbocycles. The summed E-state index contributed by atoms with van der Waals surface area (Å²) in [6, 6.07) is 8.16. The molecule has 0 spiro atoms. The molecule has 2 rings (SSSR count). The van der Waals surface area contributed by atoms with Crippen molar-refractivity contribution in [3.05, 3.63) is 35.4 Å². The minimum Gasteiger partial charge on any atom is -0.354 e. The molecule has 1 aromatic rings. The zero-order valence-corrected chi connectivity index (χ0v) is 14.8. The summed E-state index contributed by atoms with van der Waals surface area (Å²) in [4.78, 5) is 23.8. The van der Waals surface area contributed by atoms with E-state index in [0.717, 1.165) is 31.5 Å². The Kier molecular flexibility index (Phi) is 6.79. The second kappa shape index (κ2) is 8.83. The van der Waals surface area contributed by atoms with Crippen molar-refractivity contribution >= 4 is 11.8 Å². The third kappa shape index (κ3) is 6.32. The fourth-order valence-electron chi connectivity index (χ4n) is 2.86. The normalized spacial score (nSPS) is 16.4. The minimum atomic E-state index is -0.113. The highest BCUT2D eigenvalue weighted by molar-refractivity contribution is 5.84. The van der Waals surface area contributed by atoms with Gasteiger partial charge in [-0.2, -0.15) is 0 Å². The van der Waals surface area contributed by atoms with Crippen LogP contribution in [0.5, 0.6) is 0 Å². The van der Waals surface area contributed by atoms with Crippen LogP contribution in [0.4, 0.5) is 0 Å². The molecule has 1 fully saturated rings. The highest BCUT2D eigenvalue weighted by Gasteiger charge is 2.26. The number of aryl methyl sites for hydroxylation is 2. The monoisotopic (exact) mass is 331 g/mol. The molecule has 0 radical (unpaired) electrons. The standard InChI is InChI=1S/C19H29N3O2/c1-15-3-5-16(6-4-15)7-8-17(23)21-13-18(24)22-14-19(2)9-11-20-12-10-19/h3-6,20H,7-14H2,1-2H3,(H,21,23)(H,22,24). The van der Waals surface area contributed by atoms with E-state index in [-0.39, 0.29) is 23.8 Å². The molecule has 5 nitrogen and oxygen atoms in total. The topological polar surface area (TPSA) is 70.2 Å². The minimum absolute atomic E-state index is 0.0566. The van der Waals surface area contributed by atoms with Gasteiger partial charge in [0.1, 0.15) is 0 Å². The van der Waals surface area contributed by atoms with Gasteiger partial charge in [-0.1, -0.05) is 36.8 Å². The first-order chi connectivity index (χ1) is 11.5. The van der Waals surface area contributed by atoms with Gasteiger partial charge >= 0.3 is 0 Å². The number of nitrogens with one attached hydrogen (secondary N) is 3. The Bertz CT molecular complexity index is 548. The zero-order chi connectivity index (χ0) is 17.4. The third-order valence-electron chi connectivity index (χ3n) is 4.73. The van der Waals surface area contributed by atoms with E-state index in [9.17, 15) is 9.59 Å². The van der Waals surface area contributed by atoms with Gasteiger partial charge in [-0.05, 0) is 50.3 Å². The molecule has 2 amide bonds. The summed E-state index contributed by atoms with van der Waals surface area (Å²) in [7, 11) is 0. The smallest absolute Gasteiger partial charge is 0.239 e. The van der Waals surface area contributed by atoms with Crippen LogP contribution in [0.3, 0.4) is 0 Å². The van der Waals surface area contributed by atoms with Gasteiger partial charge < -0.3 is 16.0 Å². The predicted molar refractivity (Wildman–Crippen MR) is 95.7 cm³/mol. The molecule has 1 aliphatic rings. The van der Waals surface area contributed by atoms with Crippen LogP contribution in [0, 0.1) is 12.3 Å². The summed E-state index contributed by atoms with van der Waals surface area (Å²) in [6.45, 7) is 6.98. The van der Waals surface area contributed by atoms with Crippen LogP contribution < -0.4 is 16.0 Å². The number of piperidine rings is 1. The lowest BCUT2D eigenvalue weighted by Gasteiger charge is -2.34. The molecule has 0 bridgehead atoms. The number of carbonyl (C=O) groups is 2. The van der Waals surface area contributed by atoms with Crippen molar-refractivity contribution in [2.45, 2.75) is 39.5 Å². The Morgan fingerprint density at radius 2 is 1.75 bits per heavy atom. The van der Waals surface area contributed by atoms with Crippen molar-refractivity contribution in [2.75, 3.05) is 26.2 Å². The van der Waals surface area contributed by atoms with Gasteiger partial charge in [0.2, 0.25) is 11.8 Å². The molecule has 24 heavy (non-hydrogen) atoms. The van der Waals surface area contributed by atoms with Gasteiger partial charge in [0.05, 0.1) is 6.54 Å². The quantitative estimate of drug-likeness (QED) is 0.710. The van der Waals surface area contributed by atoms with Gasteiger partial charge in [0.25, 0.3) is 0 Å². The molecule has 0 atom stereocenters. The van der Waals surface area contributed by atoms with Crippen LogP contribution in [-0.2, 0) is 16.0 Å². The highest BCUT2D eigenvalue weighted by Crippen LogP contribution is 2.26. The van der Waals surface area contributed by atoms with Crippen LogP contribution in [0.2, 0.25) is 0 Å². The largest absolute Gasteiger partial charge is 0.354 e. The first kappa shape index (κ1) is 18.5. The SMILES string of the molecule is Cc1ccc(CCC(=O)NCC(=O)NCC2(C)CCNCC2)cc1. The molecule has 1 saturated heterocycles. The summed E-state index contributed by atoms with van der Waals surface area (Å²) >= 11 is 0. The van der Waals surface area contributed by atoms with Crippen LogP contribution in [-0.4, -0.2) is 38.0 Å². The number of hydrogen-bond donors (Lipinski definition) is 3. The lowest BCUT2D eigenvalue weighted by atomic mass is 9.81. The maximum atomic E-state index is 11.9.